The standard InChI is InChI=1S/C13H20ClN3O/c1-2-6-17-7-5-15-12(13(17)18)16-9-10-3-4-11(14)8-10/h5,7,10-11H,2-4,6,8-9H2,1H3,(H,15,16). The van der Waals surface area contributed by atoms with Crippen molar-refractivity contribution in [2.45, 2.75) is 44.5 Å². The Morgan fingerprint density at radius 1 is 1.56 bits per heavy atom. The van der Waals surface area contributed by atoms with E-state index in [0.717, 1.165) is 38.8 Å². The zero-order chi connectivity index (χ0) is 13.0. The molecule has 1 saturated carbocycles. The van der Waals surface area contributed by atoms with Crippen molar-refractivity contribution in [3.05, 3.63) is 22.7 Å². The van der Waals surface area contributed by atoms with E-state index >= 15 is 0 Å². The third-order valence-electron chi connectivity index (χ3n) is 3.41. The number of alkyl halides is 1. The van der Waals surface area contributed by atoms with Crippen molar-refractivity contribution in [1.29, 1.82) is 0 Å². The Hall–Kier alpha value is -1.03. The summed E-state index contributed by atoms with van der Waals surface area (Å²) in [4.78, 5) is 16.2. The van der Waals surface area contributed by atoms with Crippen LogP contribution in [0, 0.1) is 5.92 Å². The normalized spacial score (nSPS) is 23.2. The molecule has 2 rings (SSSR count). The lowest BCUT2D eigenvalue weighted by atomic mass is 10.1. The van der Waals surface area contributed by atoms with Gasteiger partial charge in [0.1, 0.15) is 0 Å². The van der Waals surface area contributed by atoms with Crippen LogP contribution in [0.5, 0.6) is 0 Å². The van der Waals surface area contributed by atoms with Crippen LogP contribution in [0.2, 0.25) is 0 Å². The Morgan fingerprint density at radius 3 is 3.06 bits per heavy atom. The molecule has 1 heterocycles. The predicted octanol–water partition coefficient (Wildman–Crippen LogP) is 2.47. The molecule has 2 atom stereocenters. The number of anilines is 1. The molecule has 100 valence electrons. The van der Waals surface area contributed by atoms with Gasteiger partial charge in [-0.2, -0.15) is 0 Å². The van der Waals surface area contributed by atoms with Gasteiger partial charge in [-0.25, -0.2) is 4.98 Å². The zero-order valence-corrected chi connectivity index (χ0v) is 11.5. The first kappa shape index (κ1) is 13.4. The van der Waals surface area contributed by atoms with Crippen LogP contribution in [-0.2, 0) is 6.54 Å². The maximum atomic E-state index is 12.0. The van der Waals surface area contributed by atoms with Crippen LogP contribution >= 0.6 is 11.6 Å². The molecule has 0 spiro atoms. The van der Waals surface area contributed by atoms with Crippen molar-refractivity contribution in [3.63, 3.8) is 0 Å². The molecule has 1 aromatic rings. The van der Waals surface area contributed by atoms with E-state index in [1.807, 2.05) is 0 Å². The van der Waals surface area contributed by atoms with Gasteiger partial charge in [-0.15, -0.1) is 11.6 Å². The number of aryl methyl sites for hydroxylation is 1. The first-order valence-electron chi connectivity index (χ1n) is 6.64. The van der Waals surface area contributed by atoms with Gasteiger partial charge in [-0.05, 0) is 31.6 Å². The largest absolute Gasteiger partial charge is 0.365 e. The third kappa shape index (κ3) is 3.25. The first-order chi connectivity index (χ1) is 8.70. The van der Waals surface area contributed by atoms with Crippen molar-refractivity contribution in [3.8, 4) is 0 Å². The molecule has 5 heteroatoms. The Kier molecular flexibility index (Phi) is 4.64. The van der Waals surface area contributed by atoms with E-state index in [1.54, 1.807) is 17.0 Å². The molecule has 0 saturated heterocycles. The van der Waals surface area contributed by atoms with Crippen LogP contribution in [-0.4, -0.2) is 21.5 Å². The minimum Gasteiger partial charge on any atom is -0.365 e. The smallest absolute Gasteiger partial charge is 0.293 e. The number of halogens is 1. The molecule has 0 aromatic carbocycles. The lowest BCUT2D eigenvalue weighted by Crippen LogP contribution is -2.26. The van der Waals surface area contributed by atoms with Crippen LogP contribution in [0.15, 0.2) is 17.2 Å². The summed E-state index contributed by atoms with van der Waals surface area (Å²) in [5, 5.41) is 3.47. The minimum atomic E-state index is -0.0280. The SMILES string of the molecule is CCCn1ccnc(NCC2CCC(Cl)C2)c1=O. The number of rotatable bonds is 5. The van der Waals surface area contributed by atoms with Gasteiger partial charge < -0.3 is 9.88 Å². The van der Waals surface area contributed by atoms with Crippen LogP contribution in [0.3, 0.4) is 0 Å². The Bertz CT molecular complexity index is 446. The average Bonchev–Trinajstić information content (AvgIpc) is 2.77. The molecule has 0 amide bonds. The van der Waals surface area contributed by atoms with E-state index < -0.39 is 0 Å². The van der Waals surface area contributed by atoms with Crippen LogP contribution in [0.1, 0.15) is 32.6 Å². The molecule has 1 fully saturated rings. The molecular weight excluding hydrogens is 250 g/mol. The summed E-state index contributed by atoms with van der Waals surface area (Å²) in [6.07, 6.45) is 7.61. The summed E-state index contributed by atoms with van der Waals surface area (Å²) in [6, 6.07) is 0. The molecular formula is C13H20ClN3O. The second kappa shape index (κ2) is 6.23. The minimum absolute atomic E-state index is 0.0280. The van der Waals surface area contributed by atoms with Gasteiger partial charge in [0.15, 0.2) is 5.82 Å². The lowest BCUT2D eigenvalue weighted by molar-refractivity contribution is 0.577. The highest BCUT2D eigenvalue weighted by atomic mass is 35.5. The first-order valence-corrected chi connectivity index (χ1v) is 7.07. The molecule has 2 unspecified atom stereocenters. The zero-order valence-electron chi connectivity index (χ0n) is 10.7. The number of nitrogens with one attached hydrogen (secondary N) is 1. The Morgan fingerprint density at radius 2 is 2.39 bits per heavy atom. The van der Waals surface area contributed by atoms with Gasteiger partial charge in [0.2, 0.25) is 0 Å². The van der Waals surface area contributed by atoms with Gasteiger partial charge in [0, 0.05) is 30.9 Å². The fraction of sp³-hybridized carbons (Fsp3) is 0.692. The molecule has 0 aliphatic heterocycles. The van der Waals surface area contributed by atoms with E-state index in [0.29, 0.717) is 17.1 Å². The monoisotopic (exact) mass is 269 g/mol. The van der Waals surface area contributed by atoms with Crippen LogP contribution in [0.25, 0.3) is 0 Å². The van der Waals surface area contributed by atoms with Gasteiger partial charge in [-0.1, -0.05) is 6.92 Å². The van der Waals surface area contributed by atoms with Crippen LogP contribution < -0.4 is 10.9 Å². The summed E-state index contributed by atoms with van der Waals surface area (Å²) < 4.78 is 1.70. The molecule has 0 radical (unpaired) electrons. The molecule has 1 N–H and O–H groups in total. The van der Waals surface area contributed by atoms with E-state index in [4.69, 9.17) is 11.6 Å². The average molecular weight is 270 g/mol. The number of hydrogen-bond acceptors (Lipinski definition) is 3. The number of nitrogens with zero attached hydrogens (tertiary/aromatic N) is 2. The third-order valence-corrected chi connectivity index (χ3v) is 3.81. The maximum absolute atomic E-state index is 12.0. The van der Waals surface area contributed by atoms with E-state index in [2.05, 4.69) is 17.2 Å². The predicted molar refractivity (Wildman–Crippen MR) is 74.3 cm³/mol. The van der Waals surface area contributed by atoms with Crippen molar-refractivity contribution in [2.75, 3.05) is 11.9 Å². The highest BCUT2D eigenvalue weighted by molar-refractivity contribution is 6.20. The summed E-state index contributed by atoms with van der Waals surface area (Å²) in [7, 11) is 0. The summed E-state index contributed by atoms with van der Waals surface area (Å²) in [5.41, 5.74) is -0.0280. The second-order valence-electron chi connectivity index (χ2n) is 4.93. The number of aromatic nitrogens is 2. The Balaban J connectivity index is 1.97. The topological polar surface area (TPSA) is 46.9 Å². The van der Waals surface area contributed by atoms with E-state index in [1.165, 1.54) is 0 Å². The molecule has 0 bridgehead atoms. The van der Waals surface area contributed by atoms with Gasteiger partial charge in [0.05, 0.1) is 0 Å². The fourth-order valence-electron chi connectivity index (χ4n) is 2.43. The lowest BCUT2D eigenvalue weighted by Gasteiger charge is -2.12. The summed E-state index contributed by atoms with van der Waals surface area (Å²) >= 11 is 6.08. The van der Waals surface area contributed by atoms with Crippen molar-refractivity contribution < 1.29 is 0 Å². The molecule has 18 heavy (non-hydrogen) atoms. The van der Waals surface area contributed by atoms with Crippen LogP contribution in [0.4, 0.5) is 5.82 Å². The van der Waals surface area contributed by atoms with Crippen molar-refractivity contribution in [2.24, 2.45) is 5.92 Å². The van der Waals surface area contributed by atoms with Gasteiger partial charge >= 0.3 is 0 Å². The van der Waals surface area contributed by atoms with Gasteiger partial charge in [-0.3, -0.25) is 4.79 Å². The molecule has 1 aliphatic carbocycles. The molecule has 1 aromatic heterocycles. The number of hydrogen-bond donors (Lipinski definition) is 1. The highest BCUT2D eigenvalue weighted by Gasteiger charge is 2.22. The van der Waals surface area contributed by atoms with E-state index in [-0.39, 0.29) is 5.56 Å². The Labute approximate surface area is 112 Å². The van der Waals surface area contributed by atoms with E-state index in [9.17, 15) is 4.79 Å². The van der Waals surface area contributed by atoms with Crippen molar-refractivity contribution in [1.82, 2.24) is 9.55 Å². The quantitative estimate of drug-likeness (QED) is 0.836. The maximum Gasteiger partial charge on any atom is 0.293 e. The summed E-state index contributed by atoms with van der Waals surface area (Å²) in [5.74, 6) is 1.03. The molecule has 4 nitrogen and oxygen atoms in total. The summed E-state index contributed by atoms with van der Waals surface area (Å²) in [6.45, 7) is 3.59. The second-order valence-corrected chi connectivity index (χ2v) is 5.55. The fourth-order valence-corrected chi connectivity index (χ4v) is 2.80. The molecule has 1 aliphatic rings. The highest BCUT2D eigenvalue weighted by Crippen LogP contribution is 2.29. The van der Waals surface area contributed by atoms with Gasteiger partial charge in [0.25, 0.3) is 5.56 Å². The van der Waals surface area contributed by atoms with Crippen molar-refractivity contribution >= 4 is 17.4 Å².